The first-order valence-electron chi connectivity index (χ1n) is 10.7. The number of benzene rings is 2. The molecule has 5 nitrogen and oxygen atoms in total. The quantitative estimate of drug-likeness (QED) is 0.451. The maximum Gasteiger partial charge on any atom is 0.274 e. The lowest BCUT2D eigenvalue weighted by atomic mass is 9.94. The third-order valence-corrected chi connectivity index (χ3v) is 6.24. The summed E-state index contributed by atoms with van der Waals surface area (Å²) in [6.07, 6.45) is 10.1. The summed E-state index contributed by atoms with van der Waals surface area (Å²) < 4.78 is 6.90. The van der Waals surface area contributed by atoms with E-state index in [0.717, 1.165) is 45.5 Å². The maximum atomic E-state index is 13.4. The number of rotatable bonds is 4. The second-order valence-electron chi connectivity index (χ2n) is 8.11. The van der Waals surface area contributed by atoms with E-state index in [4.69, 9.17) is 4.74 Å². The summed E-state index contributed by atoms with van der Waals surface area (Å²) in [5.74, 6) is 0.601. The van der Waals surface area contributed by atoms with Gasteiger partial charge >= 0.3 is 0 Å². The number of ether oxygens (including phenoxy) is 1. The molecule has 0 saturated heterocycles. The largest absolute Gasteiger partial charge is 0.481 e. The van der Waals surface area contributed by atoms with Crippen LogP contribution in [0.5, 0.6) is 5.88 Å². The van der Waals surface area contributed by atoms with Gasteiger partial charge in [-0.2, -0.15) is 5.10 Å². The van der Waals surface area contributed by atoms with Gasteiger partial charge < -0.3 is 4.74 Å². The average Bonchev–Trinajstić information content (AvgIpc) is 2.81. The van der Waals surface area contributed by atoms with Gasteiger partial charge in [0.2, 0.25) is 5.88 Å². The summed E-state index contributed by atoms with van der Waals surface area (Å²) in [5, 5.41) is 8.50. The summed E-state index contributed by atoms with van der Waals surface area (Å²) in [6.45, 7) is 0. The van der Waals surface area contributed by atoms with Crippen molar-refractivity contribution in [3.63, 3.8) is 0 Å². The molecule has 0 amide bonds. The van der Waals surface area contributed by atoms with Crippen molar-refractivity contribution in [3.05, 3.63) is 76.3 Å². The molecule has 30 heavy (non-hydrogen) atoms. The summed E-state index contributed by atoms with van der Waals surface area (Å²) in [4.78, 5) is 17.8. The normalized spacial score (nSPS) is 15.0. The minimum absolute atomic E-state index is 0.0271. The third kappa shape index (κ3) is 3.34. The molecule has 152 valence electrons. The highest BCUT2D eigenvalue weighted by atomic mass is 16.5. The molecular formula is C25H25N3O2. The molecule has 5 rings (SSSR count). The van der Waals surface area contributed by atoms with Crippen molar-refractivity contribution in [2.24, 2.45) is 0 Å². The number of pyridine rings is 1. The number of hydrogen-bond donors (Lipinski definition) is 0. The van der Waals surface area contributed by atoms with Crippen LogP contribution in [-0.2, 0) is 6.42 Å². The van der Waals surface area contributed by atoms with Crippen LogP contribution >= 0.6 is 0 Å². The van der Waals surface area contributed by atoms with Gasteiger partial charge in [0.25, 0.3) is 5.56 Å². The van der Waals surface area contributed by atoms with Crippen LogP contribution in [0.2, 0.25) is 0 Å². The Bertz CT molecular complexity index is 1260. The van der Waals surface area contributed by atoms with E-state index < -0.39 is 0 Å². The van der Waals surface area contributed by atoms with Gasteiger partial charge in [-0.15, -0.1) is 0 Å². The molecule has 4 aromatic rings. The van der Waals surface area contributed by atoms with Crippen molar-refractivity contribution in [2.45, 2.75) is 44.6 Å². The number of hydrogen-bond acceptors (Lipinski definition) is 4. The molecule has 1 saturated carbocycles. The van der Waals surface area contributed by atoms with Crippen molar-refractivity contribution in [3.8, 4) is 5.88 Å². The molecule has 0 bridgehead atoms. The highest BCUT2D eigenvalue weighted by Crippen LogP contribution is 2.30. The van der Waals surface area contributed by atoms with Crippen LogP contribution in [0.3, 0.4) is 0 Å². The molecular weight excluding hydrogens is 374 g/mol. The van der Waals surface area contributed by atoms with E-state index in [1.165, 1.54) is 19.3 Å². The van der Waals surface area contributed by atoms with E-state index in [-0.39, 0.29) is 11.6 Å². The van der Waals surface area contributed by atoms with Crippen LogP contribution in [0.1, 0.15) is 49.3 Å². The molecule has 2 heterocycles. The van der Waals surface area contributed by atoms with Crippen LogP contribution in [0, 0.1) is 0 Å². The second kappa shape index (κ2) is 7.90. The molecule has 0 radical (unpaired) electrons. The standard InChI is InChI=1S/C25H25N3O2/c1-30-24-12-11-17(15-26-24)13-18-14-22-23(21-10-6-5-9-20(18)21)16-27-28(25(22)29)19-7-3-2-4-8-19/h5-6,9-12,14-16,19H,2-4,7-8,13H2,1H3. The molecule has 1 aliphatic carbocycles. The van der Waals surface area contributed by atoms with Gasteiger partial charge in [0.05, 0.1) is 24.7 Å². The van der Waals surface area contributed by atoms with E-state index in [0.29, 0.717) is 12.3 Å². The van der Waals surface area contributed by atoms with Crippen LogP contribution in [0.4, 0.5) is 0 Å². The lowest BCUT2D eigenvalue weighted by Crippen LogP contribution is -2.28. The molecule has 1 aliphatic rings. The Labute approximate surface area is 175 Å². The predicted octanol–water partition coefficient (Wildman–Crippen LogP) is 5.05. The summed E-state index contributed by atoms with van der Waals surface area (Å²) in [5.41, 5.74) is 2.24. The summed E-state index contributed by atoms with van der Waals surface area (Å²) in [7, 11) is 1.62. The van der Waals surface area contributed by atoms with Gasteiger partial charge in [-0.1, -0.05) is 49.6 Å². The van der Waals surface area contributed by atoms with Gasteiger partial charge in [-0.25, -0.2) is 9.67 Å². The first kappa shape index (κ1) is 18.8. The van der Waals surface area contributed by atoms with E-state index in [9.17, 15) is 4.79 Å². The highest BCUT2D eigenvalue weighted by Gasteiger charge is 2.19. The molecule has 0 spiro atoms. The first-order chi connectivity index (χ1) is 14.7. The van der Waals surface area contributed by atoms with E-state index in [2.05, 4.69) is 28.3 Å². The SMILES string of the molecule is COc1ccc(Cc2cc3c(=O)n(C4CCCCC4)ncc3c3ccccc23)cn1. The fourth-order valence-electron chi connectivity index (χ4n) is 4.67. The Morgan fingerprint density at radius 3 is 2.50 bits per heavy atom. The first-order valence-corrected chi connectivity index (χ1v) is 10.7. The van der Waals surface area contributed by atoms with Gasteiger partial charge in [-0.05, 0) is 47.2 Å². The molecule has 2 aromatic carbocycles. The minimum Gasteiger partial charge on any atom is -0.481 e. The Morgan fingerprint density at radius 2 is 1.77 bits per heavy atom. The third-order valence-electron chi connectivity index (χ3n) is 6.24. The van der Waals surface area contributed by atoms with Crippen LogP contribution in [0.25, 0.3) is 21.5 Å². The zero-order chi connectivity index (χ0) is 20.5. The summed E-state index contributed by atoms with van der Waals surface area (Å²) >= 11 is 0. The van der Waals surface area contributed by atoms with E-state index >= 15 is 0 Å². The zero-order valence-corrected chi connectivity index (χ0v) is 17.2. The topological polar surface area (TPSA) is 57.0 Å². The Kier molecular flexibility index (Phi) is 4.95. The molecule has 5 heteroatoms. The zero-order valence-electron chi connectivity index (χ0n) is 17.2. The number of fused-ring (bicyclic) bond motifs is 3. The van der Waals surface area contributed by atoms with Crippen molar-refractivity contribution < 1.29 is 4.74 Å². The Morgan fingerprint density at radius 1 is 0.967 bits per heavy atom. The van der Waals surface area contributed by atoms with Crippen LogP contribution in [0.15, 0.2) is 59.7 Å². The Hall–Kier alpha value is -3.21. The van der Waals surface area contributed by atoms with Crippen molar-refractivity contribution in [1.29, 1.82) is 0 Å². The average molecular weight is 399 g/mol. The van der Waals surface area contributed by atoms with Crippen LogP contribution in [-0.4, -0.2) is 21.9 Å². The minimum atomic E-state index is 0.0271. The molecule has 1 fully saturated rings. The predicted molar refractivity (Wildman–Crippen MR) is 119 cm³/mol. The molecule has 0 unspecified atom stereocenters. The van der Waals surface area contributed by atoms with Crippen molar-refractivity contribution >= 4 is 21.5 Å². The second-order valence-corrected chi connectivity index (χ2v) is 8.11. The molecule has 0 N–H and O–H groups in total. The van der Waals surface area contributed by atoms with Gasteiger partial charge in [-0.3, -0.25) is 4.79 Å². The monoisotopic (exact) mass is 399 g/mol. The Balaban J connectivity index is 1.66. The number of methoxy groups -OCH3 is 1. The van der Waals surface area contributed by atoms with E-state index in [1.807, 2.05) is 36.7 Å². The highest BCUT2D eigenvalue weighted by molar-refractivity contribution is 6.08. The molecule has 0 aliphatic heterocycles. The van der Waals surface area contributed by atoms with Crippen molar-refractivity contribution in [1.82, 2.24) is 14.8 Å². The number of aromatic nitrogens is 3. The fraction of sp³-hybridized carbons (Fsp3) is 0.320. The van der Waals surface area contributed by atoms with Gasteiger partial charge in [0.1, 0.15) is 0 Å². The fourth-order valence-corrected chi connectivity index (χ4v) is 4.67. The smallest absolute Gasteiger partial charge is 0.274 e. The molecule has 0 atom stereocenters. The lowest BCUT2D eigenvalue weighted by Gasteiger charge is -2.23. The number of nitrogens with zero attached hydrogens (tertiary/aromatic N) is 3. The van der Waals surface area contributed by atoms with E-state index in [1.54, 1.807) is 11.8 Å². The van der Waals surface area contributed by atoms with Gasteiger partial charge in [0.15, 0.2) is 0 Å². The lowest BCUT2D eigenvalue weighted by molar-refractivity contribution is 0.320. The van der Waals surface area contributed by atoms with Crippen LogP contribution < -0.4 is 10.3 Å². The molecule has 2 aromatic heterocycles. The van der Waals surface area contributed by atoms with Crippen molar-refractivity contribution in [2.75, 3.05) is 7.11 Å². The van der Waals surface area contributed by atoms with Gasteiger partial charge in [0, 0.05) is 17.6 Å². The summed E-state index contributed by atoms with van der Waals surface area (Å²) in [6, 6.07) is 14.4. The maximum absolute atomic E-state index is 13.4.